The highest BCUT2D eigenvalue weighted by Crippen LogP contribution is 2.30. The van der Waals surface area contributed by atoms with Crippen LogP contribution in [0.2, 0.25) is 0 Å². The molecule has 3 rings (SSSR count). The van der Waals surface area contributed by atoms with E-state index in [9.17, 15) is 5.11 Å². The van der Waals surface area contributed by atoms with Crippen molar-refractivity contribution in [1.29, 1.82) is 0 Å². The SMILES string of the molecule is COc1ccc(-n2nc(C(O)CNC(C)C)c3c2CCCC3)cc1. The molecule has 1 aromatic carbocycles. The Labute approximate surface area is 143 Å². The first-order valence-corrected chi connectivity index (χ1v) is 8.76. The minimum absolute atomic E-state index is 0.346. The number of rotatable bonds is 6. The summed E-state index contributed by atoms with van der Waals surface area (Å²) in [6.45, 7) is 4.69. The van der Waals surface area contributed by atoms with E-state index < -0.39 is 6.10 Å². The number of fused-ring (bicyclic) bond motifs is 1. The number of nitrogens with zero attached hydrogens (tertiary/aromatic N) is 2. The average Bonchev–Trinajstić information content (AvgIpc) is 2.99. The van der Waals surface area contributed by atoms with Gasteiger partial charge in [-0.15, -0.1) is 0 Å². The molecule has 0 bridgehead atoms. The monoisotopic (exact) mass is 329 g/mol. The van der Waals surface area contributed by atoms with Crippen LogP contribution in [0.5, 0.6) is 5.75 Å². The van der Waals surface area contributed by atoms with Crippen LogP contribution in [-0.4, -0.2) is 34.6 Å². The van der Waals surface area contributed by atoms with Gasteiger partial charge in [0.05, 0.1) is 18.5 Å². The first kappa shape index (κ1) is 17.0. The second kappa shape index (κ2) is 7.36. The molecule has 1 aliphatic rings. The molecule has 0 amide bonds. The number of aliphatic hydroxyl groups excluding tert-OH is 1. The van der Waals surface area contributed by atoms with E-state index in [1.54, 1.807) is 7.11 Å². The van der Waals surface area contributed by atoms with Crippen molar-refractivity contribution in [2.75, 3.05) is 13.7 Å². The van der Waals surface area contributed by atoms with Gasteiger partial charge in [0.1, 0.15) is 11.9 Å². The summed E-state index contributed by atoms with van der Waals surface area (Å²) in [4.78, 5) is 0. The maximum absolute atomic E-state index is 10.6. The van der Waals surface area contributed by atoms with Gasteiger partial charge >= 0.3 is 0 Å². The van der Waals surface area contributed by atoms with Crippen molar-refractivity contribution in [3.05, 3.63) is 41.2 Å². The molecule has 0 saturated carbocycles. The van der Waals surface area contributed by atoms with Gasteiger partial charge in [-0.3, -0.25) is 0 Å². The van der Waals surface area contributed by atoms with Gasteiger partial charge in [-0.1, -0.05) is 13.8 Å². The van der Waals surface area contributed by atoms with E-state index in [-0.39, 0.29) is 0 Å². The Balaban J connectivity index is 1.94. The molecule has 1 aliphatic carbocycles. The molecule has 2 aromatic rings. The van der Waals surface area contributed by atoms with E-state index in [1.165, 1.54) is 24.1 Å². The summed E-state index contributed by atoms with van der Waals surface area (Å²) in [5.41, 5.74) is 4.32. The van der Waals surface area contributed by atoms with Crippen LogP contribution >= 0.6 is 0 Å². The van der Waals surface area contributed by atoms with Crippen LogP contribution in [-0.2, 0) is 12.8 Å². The molecule has 0 spiro atoms. The third-order valence-corrected chi connectivity index (χ3v) is 4.56. The number of hydrogen-bond donors (Lipinski definition) is 2. The third-order valence-electron chi connectivity index (χ3n) is 4.56. The molecule has 1 heterocycles. The topological polar surface area (TPSA) is 59.3 Å². The van der Waals surface area contributed by atoms with E-state index in [1.807, 2.05) is 28.9 Å². The zero-order chi connectivity index (χ0) is 17.1. The van der Waals surface area contributed by atoms with Gasteiger partial charge in [-0.2, -0.15) is 5.10 Å². The van der Waals surface area contributed by atoms with E-state index in [4.69, 9.17) is 9.84 Å². The number of benzene rings is 1. The zero-order valence-corrected chi connectivity index (χ0v) is 14.7. The van der Waals surface area contributed by atoms with Crippen molar-refractivity contribution in [2.24, 2.45) is 0 Å². The molecule has 0 radical (unpaired) electrons. The number of aliphatic hydroxyl groups is 1. The maximum Gasteiger partial charge on any atom is 0.119 e. The summed E-state index contributed by atoms with van der Waals surface area (Å²) in [5, 5.41) is 18.7. The van der Waals surface area contributed by atoms with Crippen molar-refractivity contribution in [1.82, 2.24) is 15.1 Å². The van der Waals surface area contributed by atoms with Crippen LogP contribution in [0.25, 0.3) is 5.69 Å². The fourth-order valence-electron chi connectivity index (χ4n) is 3.28. The van der Waals surface area contributed by atoms with Gasteiger partial charge in [0.2, 0.25) is 0 Å². The molecule has 1 unspecified atom stereocenters. The highest BCUT2D eigenvalue weighted by atomic mass is 16.5. The van der Waals surface area contributed by atoms with Crippen LogP contribution in [0.15, 0.2) is 24.3 Å². The minimum atomic E-state index is -0.571. The Morgan fingerprint density at radius 3 is 2.58 bits per heavy atom. The molecule has 130 valence electrons. The second-order valence-electron chi connectivity index (χ2n) is 6.71. The number of methoxy groups -OCH3 is 1. The highest BCUT2D eigenvalue weighted by Gasteiger charge is 2.25. The maximum atomic E-state index is 10.6. The van der Waals surface area contributed by atoms with Gasteiger partial charge in [0, 0.05) is 18.3 Å². The molecule has 2 N–H and O–H groups in total. The van der Waals surface area contributed by atoms with Gasteiger partial charge < -0.3 is 15.2 Å². The molecule has 1 atom stereocenters. The molecule has 5 nitrogen and oxygen atoms in total. The fraction of sp³-hybridized carbons (Fsp3) is 0.526. The molecule has 0 aliphatic heterocycles. The van der Waals surface area contributed by atoms with E-state index in [0.717, 1.165) is 30.0 Å². The largest absolute Gasteiger partial charge is 0.497 e. The van der Waals surface area contributed by atoms with E-state index >= 15 is 0 Å². The number of aromatic nitrogens is 2. The number of hydrogen-bond acceptors (Lipinski definition) is 4. The third kappa shape index (κ3) is 3.47. The van der Waals surface area contributed by atoms with Crippen LogP contribution in [0.1, 0.15) is 49.7 Å². The van der Waals surface area contributed by atoms with Crippen LogP contribution < -0.4 is 10.1 Å². The van der Waals surface area contributed by atoms with Gasteiger partial charge in [-0.25, -0.2) is 4.68 Å². The predicted molar refractivity (Wildman–Crippen MR) is 94.9 cm³/mol. The predicted octanol–water partition coefficient (Wildman–Crippen LogP) is 2.79. The standard InChI is InChI=1S/C19H27N3O2/c1-13(2)20-12-18(23)19-16-6-4-5-7-17(16)22(21-19)14-8-10-15(24-3)11-9-14/h8-11,13,18,20,23H,4-7,12H2,1-3H3. The minimum Gasteiger partial charge on any atom is -0.497 e. The molecule has 0 saturated heterocycles. The Morgan fingerprint density at radius 2 is 1.92 bits per heavy atom. The van der Waals surface area contributed by atoms with Gasteiger partial charge in [0.15, 0.2) is 0 Å². The van der Waals surface area contributed by atoms with Crippen molar-refractivity contribution in [2.45, 2.75) is 51.7 Å². The lowest BCUT2D eigenvalue weighted by Gasteiger charge is -2.16. The normalized spacial score (nSPS) is 15.4. The van der Waals surface area contributed by atoms with Crippen LogP contribution in [0.3, 0.4) is 0 Å². The molecule has 0 fully saturated rings. The smallest absolute Gasteiger partial charge is 0.119 e. The molecular weight excluding hydrogens is 302 g/mol. The number of nitrogens with one attached hydrogen (secondary N) is 1. The Morgan fingerprint density at radius 1 is 1.21 bits per heavy atom. The summed E-state index contributed by atoms with van der Waals surface area (Å²) >= 11 is 0. The Hall–Kier alpha value is -1.85. The van der Waals surface area contributed by atoms with Gasteiger partial charge in [-0.05, 0) is 55.5 Å². The van der Waals surface area contributed by atoms with Crippen LogP contribution in [0.4, 0.5) is 0 Å². The summed E-state index contributed by atoms with van der Waals surface area (Å²) < 4.78 is 7.24. The average molecular weight is 329 g/mol. The molecule has 1 aromatic heterocycles. The fourth-order valence-corrected chi connectivity index (χ4v) is 3.28. The van der Waals surface area contributed by atoms with Gasteiger partial charge in [0.25, 0.3) is 0 Å². The van der Waals surface area contributed by atoms with Crippen LogP contribution in [0, 0.1) is 0 Å². The summed E-state index contributed by atoms with van der Waals surface area (Å²) in [6, 6.07) is 8.27. The quantitative estimate of drug-likeness (QED) is 0.855. The summed E-state index contributed by atoms with van der Waals surface area (Å²) in [6.07, 6.45) is 3.78. The van der Waals surface area contributed by atoms with Crippen molar-refractivity contribution in [3.63, 3.8) is 0 Å². The highest BCUT2D eigenvalue weighted by molar-refractivity contribution is 5.42. The molecular formula is C19H27N3O2. The molecule has 24 heavy (non-hydrogen) atoms. The lowest BCUT2D eigenvalue weighted by molar-refractivity contribution is 0.165. The van der Waals surface area contributed by atoms with Crippen molar-refractivity contribution in [3.8, 4) is 11.4 Å². The van der Waals surface area contributed by atoms with E-state index in [2.05, 4.69) is 19.2 Å². The first-order chi connectivity index (χ1) is 11.6. The zero-order valence-electron chi connectivity index (χ0n) is 14.7. The van der Waals surface area contributed by atoms with E-state index in [0.29, 0.717) is 12.6 Å². The summed E-state index contributed by atoms with van der Waals surface area (Å²) in [7, 11) is 1.67. The lowest BCUT2D eigenvalue weighted by atomic mass is 9.94. The number of ether oxygens (including phenoxy) is 1. The first-order valence-electron chi connectivity index (χ1n) is 8.76. The molecule has 5 heteroatoms. The Kier molecular flexibility index (Phi) is 5.21. The Bertz CT molecular complexity index is 677. The second-order valence-corrected chi connectivity index (χ2v) is 6.71. The van der Waals surface area contributed by atoms with Crippen molar-refractivity contribution >= 4 is 0 Å². The van der Waals surface area contributed by atoms with Crippen molar-refractivity contribution < 1.29 is 9.84 Å². The summed E-state index contributed by atoms with van der Waals surface area (Å²) in [5.74, 6) is 0.834. The lowest BCUT2D eigenvalue weighted by Crippen LogP contribution is -2.28.